The summed E-state index contributed by atoms with van der Waals surface area (Å²) in [6.45, 7) is 2.03. The van der Waals surface area contributed by atoms with Crippen LogP contribution in [-0.2, 0) is 13.0 Å². The van der Waals surface area contributed by atoms with Crippen molar-refractivity contribution in [3.63, 3.8) is 0 Å². The summed E-state index contributed by atoms with van der Waals surface area (Å²) in [5.74, 6) is 0. The third-order valence-corrected chi connectivity index (χ3v) is 3.48. The molecule has 15 heavy (non-hydrogen) atoms. The summed E-state index contributed by atoms with van der Waals surface area (Å²) in [6.07, 6.45) is 3.76. The Kier molecular flexibility index (Phi) is 3.72. The van der Waals surface area contributed by atoms with Gasteiger partial charge in [-0.15, -0.1) is 11.3 Å². The largest absolute Gasteiger partial charge is 0.309 e. The second-order valence-electron chi connectivity index (χ2n) is 4.44. The van der Waals surface area contributed by atoms with Gasteiger partial charge in [0, 0.05) is 30.9 Å². The number of thiazole rings is 1. The summed E-state index contributed by atoms with van der Waals surface area (Å²) in [6, 6.07) is 0.775. The molecule has 3 nitrogen and oxygen atoms in total. The Morgan fingerprint density at radius 3 is 3.00 bits per heavy atom. The predicted molar refractivity (Wildman–Crippen MR) is 64.2 cm³/mol. The lowest BCUT2D eigenvalue weighted by Crippen LogP contribution is -2.16. The number of rotatable bonds is 6. The third-order valence-electron chi connectivity index (χ3n) is 2.52. The first-order chi connectivity index (χ1) is 7.24. The van der Waals surface area contributed by atoms with E-state index in [1.54, 1.807) is 11.3 Å². The minimum atomic E-state index is 0.775. The average molecular weight is 225 g/mol. The molecule has 1 N–H and O–H groups in total. The molecule has 1 aromatic rings. The van der Waals surface area contributed by atoms with Crippen LogP contribution >= 0.6 is 11.3 Å². The molecular weight excluding hydrogens is 206 g/mol. The maximum atomic E-state index is 4.61. The fourth-order valence-corrected chi connectivity index (χ4v) is 2.19. The van der Waals surface area contributed by atoms with E-state index in [0.717, 1.165) is 25.6 Å². The Labute approximate surface area is 95.5 Å². The second-order valence-corrected chi connectivity index (χ2v) is 5.38. The summed E-state index contributed by atoms with van der Waals surface area (Å²) < 4.78 is 0. The number of hydrogen-bond acceptors (Lipinski definition) is 4. The first-order valence-electron chi connectivity index (χ1n) is 5.55. The molecule has 0 atom stereocenters. The molecule has 1 saturated carbocycles. The van der Waals surface area contributed by atoms with Crippen molar-refractivity contribution in [1.82, 2.24) is 15.2 Å². The van der Waals surface area contributed by atoms with E-state index in [1.165, 1.54) is 23.5 Å². The smallest absolute Gasteiger partial charge is 0.0941 e. The predicted octanol–water partition coefficient (Wildman–Crippen LogP) is 1.50. The molecule has 0 amide bonds. The molecule has 0 aliphatic heterocycles. The molecule has 0 unspecified atom stereocenters. The molecule has 1 aliphatic rings. The van der Waals surface area contributed by atoms with Crippen LogP contribution in [0.1, 0.15) is 23.5 Å². The Bertz CT molecular complexity index is 284. The molecule has 0 aromatic carbocycles. The number of hydrogen-bond donors (Lipinski definition) is 1. The van der Waals surface area contributed by atoms with Gasteiger partial charge < -0.3 is 10.2 Å². The zero-order chi connectivity index (χ0) is 10.7. The van der Waals surface area contributed by atoms with E-state index in [0.29, 0.717) is 0 Å². The average Bonchev–Trinajstić information content (AvgIpc) is 2.92. The van der Waals surface area contributed by atoms with Gasteiger partial charge in [-0.2, -0.15) is 0 Å². The molecular formula is C11H19N3S. The Morgan fingerprint density at radius 1 is 1.53 bits per heavy atom. The van der Waals surface area contributed by atoms with Gasteiger partial charge >= 0.3 is 0 Å². The van der Waals surface area contributed by atoms with Crippen LogP contribution in [-0.4, -0.2) is 36.6 Å². The molecule has 1 aliphatic carbocycles. The minimum absolute atomic E-state index is 0.775. The van der Waals surface area contributed by atoms with E-state index in [2.05, 4.69) is 34.7 Å². The fourth-order valence-electron chi connectivity index (χ4n) is 1.40. The van der Waals surface area contributed by atoms with Crippen LogP contribution in [0.3, 0.4) is 0 Å². The normalized spacial score (nSPS) is 16.2. The lowest BCUT2D eigenvalue weighted by Gasteiger charge is -2.06. The van der Waals surface area contributed by atoms with E-state index in [-0.39, 0.29) is 0 Å². The highest BCUT2D eigenvalue weighted by Crippen LogP contribution is 2.19. The van der Waals surface area contributed by atoms with Gasteiger partial charge in [-0.1, -0.05) is 0 Å². The molecule has 0 radical (unpaired) electrons. The van der Waals surface area contributed by atoms with Gasteiger partial charge in [-0.25, -0.2) is 4.98 Å². The second kappa shape index (κ2) is 5.05. The number of nitrogens with zero attached hydrogens (tertiary/aromatic N) is 2. The van der Waals surface area contributed by atoms with Crippen molar-refractivity contribution in [1.29, 1.82) is 0 Å². The van der Waals surface area contributed by atoms with Crippen LogP contribution < -0.4 is 5.32 Å². The lowest BCUT2D eigenvalue weighted by atomic mass is 10.4. The maximum Gasteiger partial charge on any atom is 0.0941 e. The van der Waals surface area contributed by atoms with Crippen molar-refractivity contribution >= 4 is 11.3 Å². The topological polar surface area (TPSA) is 28.2 Å². The standard InChI is InChI=1S/C11H19N3S/c1-14(2)6-5-11-13-10(8-15-11)7-12-9-3-4-9/h8-9,12H,3-7H2,1-2H3. The number of aromatic nitrogens is 1. The van der Waals surface area contributed by atoms with Gasteiger partial charge in [0.15, 0.2) is 0 Å². The fraction of sp³-hybridized carbons (Fsp3) is 0.727. The van der Waals surface area contributed by atoms with Crippen molar-refractivity contribution in [2.24, 2.45) is 0 Å². The van der Waals surface area contributed by atoms with E-state index < -0.39 is 0 Å². The van der Waals surface area contributed by atoms with Crippen molar-refractivity contribution in [2.75, 3.05) is 20.6 Å². The Hall–Kier alpha value is -0.450. The zero-order valence-electron chi connectivity index (χ0n) is 9.49. The van der Waals surface area contributed by atoms with E-state index >= 15 is 0 Å². The lowest BCUT2D eigenvalue weighted by molar-refractivity contribution is 0.413. The SMILES string of the molecule is CN(C)CCc1nc(CNC2CC2)cs1. The first-order valence-corrected chi connectivity index (χ1v) is 6.43. The first kappa shape index (κ1) is 11.0. The molecule has 1 aromatic heterocycles. The molecule has 0 bridgehead atoms. The van der Waals surface area contributed by atoms with Crippen molar-refractivity contribution in [2.45, 2.75) is 31.8 Å². The van der Waals surface area contributed by atoms with Crippen LogP contribution in [0.25, 0.3) is 0 Å². The van der Waals surface area contributed by atoms with Crippen LogP contribution in [0.15, 0.2) is 5.38 Å². The molecule has 1 fully saturated rings. The van der Waals surface area contributed by atoms with Crippen LogP contribution in [0.2, 0.25) is 0 Å². The van der Waals surface area contributed by atoms with Gasteiger partial charge in [0.25, 0.3) is 0 Å². The highest BCUT2D eigenvalue weighted by Gasteiger charge is 2.20. The minimum Gasteiger partial charge on any atom is -0.309 e. The van der Waals surface area contributed by atoms with Gasteiger partial charge in [-0.05, 0) is 26.9 Å². The van der Waals surface area contributed by atoms with Gasteiger partial charge in [0.2, 0.25) is 0 Å². The molecule has 2 rings (SSSR count). The third kappa shape index (κ3) is 3.89. The van der Waals surface area contributed by atoms with Crippen molar-refractivity contribution < 1.29 is 0 Å². The molecule has 4 heteroatoms. The van der Waals surface area contributed by atoms with E-state index in [9.17, 15) is 0 Å². The van der Waals surface area contributed by atoms with E-state index in [4.69, 9.17) is 0 Å². The molecule has 0 saturated heterocycles. The summed E-state index contributed by atoms with van der Waals surface area (Å²) >= 11 is 1.79. The highest BCUT2D eigenvalue weighted by molar-refractivity contribution is 7.09. The highest BCUT2D eigenvalue weighted by atomic mass is 32.1. The summed E-state index contributed by atoms with van der Waals surface area (Å²) in [7, 11) is 4.20. The Balaban J connectivity index is 1.75. The van der Waals surface area contributed by atoms with Crippen LogP contribution in [0.4, 0.5) is 0 Å². The summed E-state index contributed by atoms with van der Waals surface area (Å²) in [5, 5.41) is 6.93. The van der Waals surface area contributed by atoms with Crippen molar-refractivity contribution in [3.8, 4) is 0 Å². The van der Waals surface area contributed by atoms with Gasteiger partial charge in [0.05, 0.1) is 10.7 Å². The van der Waals surface area contributed by atoms with Crippen LogP contribution in [0, 0.1) is 0 Å². The zero-order valence-corrected chi connectivity index (χ0v) is 10.3. The monoisotopic (exact) mass is 225 g/mol. The Morgan fingerprint density at radius 2 is 2.33 bits per heavy atom. The molecule has 0 spiro atoms. The van der Waals surface area contributed by atoms with Crippen molar-refractivity contribution in [3.05, 3.63) is 16.1 Å². The van der Waals surface area contributed by atoms with E-state index in [1.807, 2.05) is 0 Å². The number of likely N-dealkylation sites (N-methyl/N-ethyl adjacent to an activating group) is 1. The summed E-state index contributed by atoms with van der Waals surface area (Å²) in [4.78, 5) is 6.81. The molecule has 1 heterocycles. The number of nitrogens with one attached hydrogen (secondary N) is 1. The molecule has 84 valence electrons. The van der Waals surface area contributed by atoms with Crippen LogP contribution in [0.5, 0.6) is 0 Å². The van der Waals surface area contributed by atoms with Gasteiger partial charge in [0.1, 0.15) is 0 Å². The van der Waals surface area contributed by atoms with Gasteiger partial charge in [-0.3, -0.25) is 0 Å². The maximum absolute atomic E-state index is 4.61. The summed E-state index contributed by atoms with van der Waals surface area (Å²) in [5.41, 5.74) is 1.21. The quantitative estimate of drug-likeness (QED) is 0.795.